The molecule has 34 heavy (non-hydrogen) atoms. The number of urea groups is 1. The minimum Gasteiger partial charge on any atom is -0.320 e. The fraction of sp³-hybridized carbons (Fsp3) is 0.552. The summed E-state index contributed by atoms with van der Waals surface area (Å²) in [6, 6.07) is 11.4. The number of hydrogen-bond donors (Lipinski definition) is 1. The summed E-state index contributed by atoms with van der Waals surface area (Å²) in [5, 5.41) is 2.62. The molecule has 0 fully saturated rings. The minimum absolute atomic E-state index is 0.00424. The topological polar surface area (TPSA) is 32.3 Å². The zero-order chi connectivity index (χ0) is 24.8. The van der Waals surface area contributed by atoms with E-state index in [2.05, 4.69) is 50.4 Å². The van der Waals surface area contributed by atoms with E-state index in [-0.39, 0.29) is 11.7 Å². The summed E-state index contributed by atoms with van der Waals surface area (Å²) in [7, 11) is 0. The summed E-state index contributed by atoms with van der Waals surface area (Å²) < 4.78 is 27.3. The van der Waals surface area contributed by atoms with Gasteiger partial charge in [0, 0.05) is 19.2 Å². The zero-order valence-corrected chi connectivity index (χ0v) is 21.2. The van der Waals surface area contributed by atoms with Crippen molar-refractivity contribution in [2.75, 3.05) is 11.9 Å². The highest BCUT2D eigenvalue weighted by Gasteiger charge is 2.16. The van der Waals surface area contributed by atoms with Crippen molar-refractivity contribution in [1.82, 2.24) is 4.90 Å². The lowest BCUT2D eigenvalue weighted by Gasteiger charge is -2.24. The molecule has 1 N–H and O–H groups in total. The van der Waals surface area contributed by atoms with Crippen LogP contribution in [0.5, 0.6) is 0 Å². The molecular formula is C29H42F2N2O. The normalized spacial score (nSPS) is 11.9. The van der Waals surface area contributed by atoms with E-state index in [1.807, 2.05) is 0 Å². The van der Waals surface area contributed by atoms with Crippen molar-refractivity contribution in [3.8, 4) is 0 Å². The maximum Gasteiger partial charge on any atom is 0.322 e. The second-order valence-electron chi connectivity index (χ2n) is 9.33. The smallest absolute Gasteiger partial charge is 0.320 e. The van der Waals surface area contributed by atoms with Gasteiger partial charge in [0.05, 0.1) is 5.69 Å². The number of nitrogens with one attached hydrogen (secondary N) is 1. The molecule has 1 atom stereocenters. The van der Waals surface area contributed by atoms with Crippen molar-refractivity contribution in [3.63, 3.8) is 0 Å². The number of carbonyl (C=O) groups is 1. The van der Waals surface area contributed by atoms with Gasteiger partial charge in [-0.15, -0.1) is 0 Å². The monoisotopic (exact) mass is 472 g/mol. The van der Waals surface area contributed by atoms with Gasteiger partial charge in [0.15, 0.2) is 0 Å². The van der Waals surface area contributed by atoms with Gasteiger partial charge < -0.3 is 10.2 Å². The van der Waals surface area contributed by atoms with Crippen LogP contribution in [-0.4, -0.2) is 17.5 Å². The number of hydrogen-bond acceptors (Lipinski definition) is 1. The Hall–Kier alpha value is -2.43. The van der Waals surface area contributed by atoms with Gasteiger partial charge in [0.1, 0.15) is 11.6 Å². The molecule has 2 amide bonds. The molecule has 0 bridgehead atoms. The lowest BCUT2D eigenvalue weighted by molar-refractivity contribution is 0.207. The van der Waals surface area contributed by atoms with Crippen LogP contribution >= 0.6 is 0 Å². The molecule has 0 aliphatic heterocycles. The van der Waals surface area contributed by atoms with Crippen LogP contribution in [0.4, 0.5) is 19.3 Å². The molecule has 0 aromatic heterocycles. The standard InChI is InChI=1S/C29H42F2N2O/c1-4-7-9-10-11-19-33(29(34)32-28-18-17-26(30)21-27(28)31)22-25-15-13-24(14-16-25)20-23(6-3)12-8-5-2/h13-18,21,23H,4-12,19-20,22H2,1-3H3,(H,32,34). The number of benzene rings is 2. The molecule has 0 saturated heterocycles. The minimum atomic E-state index is -0.769. The van der Waals surface area contributed by atoms with Crippen LogP contribution in [0.15, 0.2) is 42.5 Å². The Morgan fingerprint density at radius 3 is 2.21 bits per heavy atom. The Morgan fingerprint density at radius 2 is 1.56 bits per heavy atom. The molecule has 188 valence electrons. The molecule has 0 heterocycles. The van der Waals surface area contributed by atoms with Gasteiger partial charge in [-0.05, 0) is 42.0 Å². The fourth-order valence-corrected chi connectivity index (χ4v) is 4.22. The third-order valence-electron chi connectivity index (χ3n) is 6.46. The Kier molecular flexibility index (Phi) is 12.7. The Morgan fingerprint density at radius 1 is 0.882 bits per heavy atom. The fourth-order valence-electron chi connectivity index (χ4n) is 4.22. The van der Waals surface area contributed by atoms with Crippen LogP contribution in [0, 0.1) is 17.6 Å². The molecule has 1 unspecified atom stereocenters. The number of amides is 2. The number of unbranched alkanes of at least 4 members (excludes halogenated alkanes) is 5. The van der Waals surface area contributed by atoms with E-state index >= 15 is 0 Å². The molecule has 2 aromatic rings. The SMILES string of the molecule is CCCCCCCN(Cc1ccc(CC(CC)CCCC)cc1)C(=O)Nc1ccc(F)cc1F. The third kappa shape index (κ3) is 9.82. The first-order valence-corrected chi connectivity index (χ1v) is 13.1. The number of halogens is 2. The van der Waals surface area contributed by atoms with E-state index in [0.717, 1.165) is 49.8 Å². The van der Waals surface area contributed by atoms with Crippen LogP contribution < -0.4 is 5.32 Å². The molecule has 0 spiro atoms. The predicted octanol–water partition coefficient (Wildman–Crippen LogP) is 8.73. The highest BCUT2D eigenvalue weighted by atomic mass is 19.1. The van der Waals surface area contributed by atoms with E-state index in [1.54, 1.807) is 4.90 Å². The molecule has 0 radical (unpaired) electrons. The van der Waals surface area contributed by atoms with Crippen molar-refractivity contribution >= 4 is 11.7 Å². The zero-order valence-electron chi connectivity index (χ0n) is 21.2. The van der Waals surface area contributed by atoms with Crippen molar-refractivity contribution < 1.29 is 13.6 Å². The van der Waals surface area contributed by atoms with E-state index in [1.165, 1.54) is 43.7 Å². The van der Waals surface area contributed by atoms with Gasteiger partial charge in [-0.25, -0.2) is 13.6 Å². The molecule has 0 saturated carbocycles. The van der Waals surface area contributed by atoms with Crippen molar-refractivity contribution in [2.45, 2.75) is 91.5 Å². The Bertz CT molecular complexity index is 854. The highest BCUT2D eigenvalue weighted by molar-refractivity contribution is 5.89. The maximum absolute atomic E-state index is 14.1. The van der Waals surface area contributed by atoms with Gasteiger partial charge >= 0.3 is 6.03 Å². The lowest BCUT2D eigenvalue weighted by Crippen LogP contribution is -2.35. The van der Waals surface area contributed by atoms with Gasteiger partial charge in [0.25, 0.3) is 0 Å². The summed E-state index contributed by atoms with van der Waals surface area (Å²) in [6.45, 7) is 7.71. The largest absolute Gasteiger partial charge is 0.322 e. The van der Waals surface area contributed by atoms with Gasteiger partial charge in [-0.2, -0.15) is 0 Å². The average molecular weight is 473 g/mol. The lowest BCUT2D eigenvalue weighted by atomic mass is 9.92. The maximum atomic E-state index is 14.1. The van der Waals surface area contributed by atoms with Crippen LogP contribution in [0.3, 0.4) is 0 Å². The van der Waals surface area contributed by atoms with E-state index in [0.29, 0.717) is 19.0 Å². The second-order valence-corrected chi connectivity index (χ2v) is 9.33. The van der Waals surface area contributed by atoms with Crippen molar-refractivity contribution in [1.29, 1.82) is 0 Å². The van der Waals surface area contributed by atoms with E-state index in [4.69, 9.17) is 0 Å². The first-order chi connectivity index (χ1) is 16.5. The molecular weight excluding hydrogens is 430 g/mol. The van der Waals surface area contributed by atoms with Crippen molar-refractivity contribution in [3.05, 3.63) is 65.2 Å². The second kappa shape index (κ2) is 15.5. The molecule has 2 aromatic carbocycles. The predicted molar refractivity (Wildman–Crippen MR) is 138 cm³/mol. The van der Waals surface area contributed by atoms with Crippen LogP contribution in [0.25, 0.3) is 0 Å². The number of nitrogens with zero attached hydrogens (tertiary/aromatic N) is 1. The summed E-state index contributed by atoms with van der Waals surface area (Å²) in [5.74, 6) is -0.723. The molecule has 5 heteroatoms. The third-order valence-corrected chi connectivity index (χ3v) is 6.46. The first kappa shape index (κ1) is 27.8. The Labute approximate surface area is 204 Å². The molecule has 3 nitrogen and oxygen atoms in total. The quantitative estimate of drug-likeness (QED) is 0.258. The van der Waals surface area contributed by atoms with Crippen LogP contribution in [0.2, 0.25) is 0 Å². The van der Waals surface area contributed by atoms with E-state index in [9.17, 15) is 13.6 Å². The molecule has 0 aliphatic carbocycles. The molecule has 0 aliphatic rings. The van der Waals surface area contributed by atoms with Gasteiger partial charge in [-0.3, -0.25) is 0 Å². The first-order valence-electron chi connectivity index (χ1n) is 13.1. The average Bonchev–Trinajstić information content (AvgIpc) is 2.83. The summed E-state index contributed by atoms with van der Waals surface area (Å²) in [4.78, 5) is 14.7. The number of carbonyl (C=O) groups excluding carboxylic acids is 1. The van der Waals surface area contributed by atoms with Gasteiger partial charge in [-0.1, -0.05) is 96.4 Å². The number of rotatable bonds is 15. The Balaban J connectivity index is 2.04. The van der Waals surface area contributed by atoms with Crippen molar-refractivity contribution in [2.24, 2.45) is 5.92 Å². The highest BCUT2D eigenvalue weighted by Crippen LogP contribution is 2.20. The molecule has 2 rings (SSSR count). The van der Waals surface area contributed by atoms with Gasteiger partial charge in [0.2, 0.25) is 0 Å². The van der Waals surface area contributed by atoms with Crippen LogP contribution in [0.1, 0.15) is 89.7 Å². The summed E-state index contributed by atoms with van der Waals surface area (Å²) in [6.07, 6.45) is 11.5. The number of anilines is 1. The summed E-state index contributed by atoms with van der Waals surface area (Å²) >= 11 is 0. The van der Waals surface area contributed by atoms with Crippen LogP contribution in [-0.2, 0) is 13.0 Å². The summed E-state index contributed by atoms with van der Waals surface area (Å²) in [5.41, 5.74) is 2.37. The van der Waals surface area contributed by atoms with E-state index < -0.39 is 11.6 Å².